The van der Waals surface area contributed by atoms with Gasteiger partial charge in [-0.1, -0.05) is 37.6 Å². The molecule has 2 aromatic carbocycles. The monoisotopic (exact) mass is 346 g/mol. The Morgan fingerprint density at radius 3 is 2.42 bits per heavy atom. The van der Waals surface area contributed by atoms with Gasteiger partial charge < -0.3 is 15.4 Å². The molecular formula is C18H19ClN2O3. The summed E-state index contributed by atoms with van der Waals surface area (Å²) in [5.41, 5.74) is 1.47. The van der Waals surface area contributed by atoms with Crippen LogP contribution >= 0.6 is 11.6 Å². The quantitative estimate of drug-likeness (QED) is 0.852. The Morgan fingerprint density at radius 2 is 1.79 bits per heavy atom. The van der Waals surface area contributed by atoms with Crippen molar-refractivity contribution in [2.75, 3.05) is 17.7 Å². The van der Waals surface area contributed by atoms with E-state index in [1.54, 1.807) is 56.3 Å². The van der Waals surface area contributed by atoms with E-state index in [1.807, 2.05) is 0 Å². The summed E-state index contributed by atoms with van der Waals surface area (Å²) in [6.07, 6.45) is 0. The third-order valence-corrected chi connectivity index (χ3v) is 3.69. The fourth-order valence-electron chi connectivity index (χ4n) is 1.99. The number of carbonyl (C=O) groups is 2. The highest BCUT2D eigenvalue weighted by Gasteiger charge is 2.14. The molecule has 0 saturated heterocycles. The maximum atomic E-state index is 12.3. The van der Waals surface area contributed by atoms with Crippen molar-refractivity contribution in [3.8, 4) is 5.75 Å². The van der Waals surface area contributed by atoms with Gasteiger partial charge in [0, 0.05) is 17.7 Å². The number of rotatable bonds is 5. The Hall–Kier alpha value is -2.53. The summed E-state index contributed by atoms with van der Waals surface area (Å²) >= 11 is 6.02. The third-order valence-electron chi connectivity index (χ3n) is 3.36. The van der Waals surface area contributed by atoms with E-state index in [0.717, 1.165) is 0 Å². The highest BCUT2D eigenvalue weighted by Crippen LogP contribution is 2.29. The highest BCUT2D eigenvalue weighted by molar-refractivity contribution is 6.34. The van der Waals surface area contributed by atoms with Crippen LogP contribution in [0.5, 0.6) is 5.75 Å². The number of benzene rings is 2. The van der Waals surface area contributed by atoms with E-state index >= 15 is 0 Å². The number of anilines is 2. The van der Waals surface area contributed by atoms with Crippen molar-refractivity contribution in [3.05, 3.63) is 53.1 Å². The van der Waals surface area contributed by atoms with Crippen molar-refractivity contribution >= 4 is 34.8 Å². The maximum Gasteiger partial charge on any atom is 0.257 e. The molecule has 5 nitrogen and oxygen atoms in total. The van der Waals surface area contributed by atoms with Gasteiger partial charge in [-0.05, 0) is 24.3 Å². The number of methoxy groups -OCH3 is 1. The van der Waals surface area contributed by atoms with Crippen LogP contribution in [0.1, 0.15) is 24.2 Å². The average molecular weight is 347 g/mol. The molecule has 0 spiro atoms. The Morgan fingerprint density at radius 1 is 1.08 bits per heavy atom. The molecule has 6 heteroatoms. The van der Waals surface area contributed by atoms with Gasteiger partial charge in [0.2, 0.25) is 5.91 Å². The van der Waals surface area contributed by atoms with Gasteiger partial charge >= 0.3 is 0 Å². The van der Waals surface area contributed by atoms with Gasteiger partial charge in [0.05, 0.1) is 23.4 Å². The molecule has 0 bridgehead atoms. The zero-order valence-corrected chi connectivity index (χ0v) is 14.5. The molecule has 0 aliphatic heterocycles. The van der Waals surface area contributed by atoms with Gasteiger partial charge in [0.15, 0.2) is 0 Å². The molecule has 0 fully saturated rings. The molecular weight excluding hydrogens is 328 g/mol. The zero-order valence-electron chi connectivity index (χ0n) is 13.7. The minimum Gasteiger partial charge on any atom is -0.494 e. The average Bonchev–Trinajstić information content (AvgIpc) is 2.56. The lowest BCUT2D eigenvalue weighted by molar-refractivity contribution is -0.118. The summed E-state index contributed by atoms with van der Waals surface area (Å²) in [5.74, 6) is -0.113. The molecule has 2 rings (SSSR count). The molecule has 24 heavy (non-hydrogen) atoms. The second-order valence-electron chi connectivity index (χ2n) is 5.49. The van der Waals surface area contributed by atoms with Gasteiger partial charge in [-0.15, -0.1) is 0 Å². The molecule has 0 atom stereocenters. The molecule has 2 aromatic rings. The molecule has 2 N–H and O–H groups in total. The first-order valence-corrected chi connectivity index (χ1v) is 7.85. The lowest BCUT2D eigenvalue weighted by atomic mass is 10.2. The largest absolute Gasteiger partial charge is 0.494 e. The van der Waals surface area contributed by atoms with Crippen LogP contribution in [0.15, 0.2) is 42.5 Å². The van der Waals surface area contributed by atoms with E-state index in [1.165, 1.54) is 7.11 Å². The Labute approximate surface area is 146 Å². The summed E-state index contributed by atoms with van der Waals surface area (Å²) < 4.78 is 5.29. The van der Waals surface area contributed by atoms with Crippen LogP contribution in [0, 0.1) is 5.92 Å². The molecule has 0 radical (unpaired) electrons. The molecule has 0 unspecified atom stereocenters. The lowest BCUT2D eigenvalue weighted by Crippen LogP contribution is -2.18. The number of carbonyl (C=O) groups excluding carboxylic acids is 2. The topological polar surface area (TPSA) is 67.4 Å². The van der Waals surface area contributed by atoms with Crippen molar-refractivity contribution in [2.24, 2.45) is 5.92 Å². The van der Waals surface area contributed by atoms with Crippen LogP contribution in [0.25, 0.3) is 0 Å². The summed E-state index contributed by atoms with van der Waals surface area (Å²) in [5, 5.41) is 5.92. The van der Waals surface area contributed by atoms with E-state index in [0.29, 0.717) is 27.7 Å². The summed E-state index contributed by atoms with van der Waals surface area (Å²) in [4.78, 5) is 24.1. The molecule has 2 amide bonds. The van der Waals surface area contributed by atoms with Crippen LogP contribution in [0.4, 0.5) is 11.4 Å². The molecule has 0 aromatic heterocycles. The number of ether oxygens (including phenoxy) is 1. The van der Waals surface area contributed by atoms with Gasteiger partial charge in [-0.25, -0.2) is 0 Å². The first-order valence-electron chi connectivity index (χ1n) is 7.47. The minimum atomic E-state index is -0.318. The van der Waals surface area contributed by atoms with Crippen LogP contribution < -0.4 is 15.4 Å². The second kappa shape index (κ2) is 7.84. The second-order valence-corrected chi connectivity index (χ2v) is 5.90. The number of halogens is 1. The maximum absolute atomic E-state index is 12.3. The van der Waals surface area contributed by atoms with Crippen LogP contribution in [0.2, 0.25) is 5.02 Å². The van der Waals surface area contributed by atoms with Crippen molar-refractivity contribution < 1.29 is 14.3 Å². The fourth-order valence-corrected chi connectivity index (χ4v) is 2.21. The standard InChI is InChI=1S/C18H19ClN2O3/c1-11(2)17(22)21-15-9-8-12(10-16(15)24-3)20-18(23)13-6-4-5-7-14(13)19/h4-11H,1-3H3,(H,20,23)(H,21,22). The molecule has 0 heterocycles. The van der Waals surface area contributed by atoms with Crippen molar-refractivity contribution in [3.63, 3.8) is 0 Å². The number of nitrogens with one attached hydrogen (secondary N) is 2. The number of hydrogen-bond acceptors (Lipinski definition) is 3. The molecule has 126 valence electrons. The van der Waals surface area contributed by atoms with Crippen LogP contribution in [-0.4, -0.2) is 18.9 Å². The molecule has 0 aliphatic carbocycles. The molecule has 0 saturated carbocycles. The predicted molar refractivity (Wildman–Crippen MR) is 95.9 cm³/mol. The fraction of sp³-hybridized carbons (Fsp3) is 0.222. The Balaban J connectivity index is 2.19. The third kappa shape index (κ3) is 4.26. The summed E-state index contributed by atoms with van der Waals surface area (Å²) in [7, 11) is 1.50. The van der Waals surface area contributed by atoms with Crippen molar-refractivity contribution in [1.82, 2.24) is 0 Å². The normalized spacial score (nSPS) is 10.4. The summed E-state index contributed by atoms with van der Waals surface area (Å²) in [6, 6.07) is 11.8. The van der Waals surface area contributed by atoms with E-state index in [2.05, 4.69) is 10.6 Å². The first-order chi connectivity index (χ1) is 11.4. The van der Waals surface area contributed by atoms with Crippen molar-refractivity contribution in [1.29, 1.82) is 0 Å². The number of amides is 2. The SMILES string of the molecule is COc1cc(NC(=O)c2ccccc2Cl)ccc1NC(=O)C(C)C. The first kappa shape index (κ1) is 17.8. The Bertz CT molecular complexity index is 760. The van der Waals surface area contributed by atoms with Crippen molar-refractivity contribution in [2.45, 2.75) is 13.8 Å². The lowest BCUT2D eigenvalue weighted by Gasteiger charge is -2.14. The molecule has 0 aliphatic rings. The number of hydrogen-bond donors (Lipinski definition) is 2. The Kier molecular flexibility index (Phi) is 5.82. The van der Waals surface area contributed by atoms with Crippen LogP contribution in [-0.2, 0) is 4.79 Å². The smallest absolute Gasteiger partial charge is 0.257 e. The van der Waals surface area contributed by atoms with Crippen LogP contribution in [0.3, 0.4) is 0 Å². The predicted octanol–water partition coefficient (Wildman–Crippen LogP) is 4.20. The van der Waals surface area contributed by atoms with Gasteiger partial charge in [-0.3, -0.25) is 9.59 Å². The highest BCUT2D eigenvalue weighted by atomic mass is 35.5. The van der Waals surface area contributed by atoms with E-state index < -0.39 is 0 Å². The summed E-state index contributed by atoms with van der Waals surface area (Å²) in [6.45, 7) is 3.61. The van der Waals surface area contributed by atoms with Gasteiger partial charge in [0.25, 0.3) is 5.91 Å². The van der Waals surface area contributed by atoms with Gasteiger partial charge in [0.1, 0.15) is 5.75 Å². The van der Waals surface area contributed by atoms with Gasteiger partial charge in [-0.2, -0.15) is 0 Å². The zero-order chi connectivity index (χ0) is 17.7. The van der Waals surface area contributed by atoms with E-state index in [4.69, 9.17) is 16.3 Å². The van der Waals surface area contributed by atoms with E-state index in [-0.39, 0.29) is 17.7 Å². The minimum absolute atomic E-state index is 0.110. The van der Waals surface area contributed by atoms with E-state index in [9.17, 15) is 9.59 Å².